The van der Waals surface area contributed by atoms with Gasteiger partial charge in [-0.3, -0.25) is 4.79 Å². The average Bonchev–Trinajstić information content (AvgIpc) is 2.45. The van der Waals surface area contributed by atoms with E-state index >= 15 is 0 Å². The predicted octanol–water partition coefficient (Wildman–Crippen LogP) is 0.402. The molecule has 1 heterocycles. The van der Waals surface area contributed by atoms with E-state index in [0.29, 0.717) is 5.92 Å². The predicted molar refractivity (Wildman–Crippen MR) is 46.6 cm³/mol. The van der Waals surface area contributed by atoms with Crippen molar-refractivity contribution < 1.29 is 9.90 Å². The summed E-state index contributed by atoms with van der Waals surface area (Å²) in [4.78, 5) is 12.9. The van der Waals surface area contributed by atoms with Gasteiger partial charge in [-0.1, -0.05) is 13.5 Å². The summed E-state index contributed by atoms with van der Waals surface area (Å²) in [5.41, 5.74) is 0. The third kappa shape index (κ3) is 1.67. The Morgan fingerprint density at radius 2 is 2.50 bits per heavy atom. The molecule has 1 amide bonds. The largest absolute Gasteiger partial charge is 0.394 e. The van der Waals surface area contributed by atoms with Gasteiger partial charge in [-0.2, -0.15) is 0 Å². The van der Waals surface area contributed by atoms with Gasteiger partial charge in [-0.25, -0.2) is 0 Å². The van der Waals surface area contributed by atoms with Gasteiger partial charge in [0, 0.05) is 6.54 Å². The number of amides is 1. The fraction of sp³-hybridized carbons (Fsp3) is 0.667. The third-order valence-corrected chi connectivity index (χ3v) is 2.29. The van der Waals surface area contributed by atoms with E-state index in [1.54, 1.807) is 4.90 Å². The number of carbonyl (C=O) groups excluding carboxylic acids is 1. The molecule has 3 nitrogen and oxygen atoms in total. The molecule has 0 aromatic rings. The number of likely N-dealkylation sites (tertiary alicyclic amines) is 1. The van der Waals surface area contributed by atoms with Gasteiger partial charge in [-0.15, -0.1) is 0 Å². The Balaban J connectivity index is 2.63. The summed E-state index contributed by atoms with van der Waals surface area (Å²) in [5, 5.41) is 8.97. The summed E-state index contributed by atoms with van der Waals surface area (Å²) in [6, 6.07) is 0.00509. The first-order valence-corrected chi connectivity index (χ1v) is 4.23. The number of carbonyl (C=O) groups is 1. The first-order chi connectivity index (χ1) is 5.69. The molecule has 0 spiro atoms. The molecule has 1 fully saturated rings. The van der Waals surface area contributed by atoms with E-state index in [0.717, 1.165) is 13.0 Å². The second-order valence-electron chi connectivity index (χ2n) is 3.37. The van der Waals surface area contributed by atoms with Gasteiger partial charge in [0.05, 0.1) is 12.6 Å². The first kappa shape index (κ1) is 9.26. The molecule has 1 rings (SSSR count). The molecule has 0 unspecified atom stereocenters. The maximum atomic E-state index is 11.2. The van der Waals surface area contributed by atoms with Crippen LogP contribution in [0.25, 0.3) is 0 Å². The fourth-order valence-electron chi connectivity index (χ4n) is 1.71. The molecule has 68 valence electrons. The third-order valence-electron chi connectivity index (χ3n) is 2.29. The van der Waals surface area contributed by atoms with Crippen molar-refractivity contribution in [1.29, 1.82) is 0 Å². The lowest BCUT2D eigenvalue weighted by Gasteiger charge is -2.20. The SMILES string of the molecule is C=CC(=O)N1C[C@@H](C)C[C@@H]1CO. The molecule has 1 aliphatic rings. The molecule has 0 saturated carbocycles. The summed E-state index contributed by atoms with van der Waals surface area (Å²) in [7, 11) is 0. The molecule has 0 aliphatic carbocycles. The lowest BCUT2D eigenvalue weighted by molar-refractivity contribution is -0.127. The van der Waals surface area contributed by atoms with Crippen LogP contribution in [0.4, 0.5) is 0 Å². The van der Waals surface area contributed by atoms with Crippen LogP contribution >= 0.6 is 0 Å². The van der Waals surface area contributed by atoms with Gasteiger partial charge in [-0.05, 0) is 18.4 Å². The van der Waals surface area contributed by atoms with Crippen LogP contribution < -0.4 is 0 Å². The second kappa shape index (κ2) is 3.72. The van der Waals surface area contributed by atoms with Gasteiger partial charge >= 0.3 is 0 Å². The standard InChI is InChI=1S/C9H15NO2/c1-3-9(12)10-5-7(2)4-8(10)6-11/h3,7-8,11H,1,4-6H2,2H3/t7-,8+/m0/s1. The van der Waals surface area contributed by atoms with E-state index in [9.17, 15) is 4.79 Å². The topological polar surface area (TPSA) is 40.5 Å². The maximum Gasteiger partial charge on any atom is 0.246 e. The summed E-state index contributed by atoms with van der Waals surface area (Å²) >= 11 is 0. The minimum absolute atomic E-state index is 0.00509. The van der Waals surface area contributed by atoms with E-state index in [1.165, 1.54) is 6.08 Å². The Kier molecular flexibility index (Phi) is 2.87. The number of aliphatic hydroxyl groups is 1. The van der Waals surface area contributed by atoms with Crippen LogP contribution in [0.3, 0.4) is 0 Å². The quantitative estimate of drug-likeness (QED) is 0.608. The number of hydrogen-bond acceptors (Lipinski definition) is 2. The van der Waals surface area contributed by atoms with Crippen LogP contribution in [0, 0.1) is 5.92 Å². The van der Waals surface area contributed by atoms with Crippen LogP contribution in [-0.2, 0) is 4.79 Å². The number of nitrogens with zero attached hydrogens (tertiary/aromatic N) is 1. The molecular weight excluding hydrogens is 154 g/mol. The fourth-order valence-corrected chi connectivity index (χ4v) is 1.71. The van der Waals surface area contributed by atoms with Crippen LogP contribution in [0.5, 0.6) is 0 Å². The summed E-state index contributed by atoms with van der Waals surface area (Å²) in [6.07, 6.45) is 2.21. The Labute approximate surface area is 72.7 Å². The van der Waals surface area contributed by atoms with E-state index in [1.807, 2.05) is 0 Å². The van der Waals surface area contributed by atoms with Crippen molar-refractivity contribution in [2.75, 3.05) is 13.2 Å². The Morgan fingerprint density at radius 3 is 3.00 bits per heavy atom. The highest BCUT2D eigenvalue weighted by Crippen LogP contribution is 2.22. The van der Waals surface area contributed by atoms with Crippen LogP contribution in [-0.4, -0.2) is 35.1 Å². The zero-order valence-electron chi connectivity index (χ0n) is 7.36. The molecule has 2 atom stereocenters. The normalized spacial score (nSPS) is 29.0. The van der Waals surface area contributed by atoms with Crippen molar-refractivity contribution in [3.05, 3.63) is 12.7 Å². The maximum absolute atomic E-state index is 11.2. The Bertz CT molecular complexity index is 191. The highest BCUT2D eigenvalue weighted by atomic mass is 16.3. The van der Waals surface area contributed by atoms with Gasteiger partial charge in [0.25, 0.3) is 0 Å². The smallest absolute Gasteiger partial charge is 0.246 e. The number of hydrogen-bond donors (Lipinski definition) is 1. The minimum atomic E-state index is -0.0709. The van der Waals surface area contributed by atoms with Crippen molar-refractivity contribution in [2.45, 2.75) is 19.4 Å². The van der Waals surface area contributed by atoms with Gasteiger partial charge in [0.1, 0.15) is 0 Å². The van der Waals surface area contributed by atoms with E-state index in [-0.39, 0.29) is 18.6 Å². The summed E-state index contributed by atoms with van der Waals surface area (Å²) < 4.78 is 0. The summed E-state index contributed by atoms with van der Waals surface area (Å²) in [5.74, 6) is 0.421. The van der Waals surface area contributed by atoms with Crippen LogP contribution in [0.1, 0.15) is 13.3 Å². The Morgan fingerprint density at radius 1 is 1.83 bits per heavy atom. The lowest BCUT2D eigenvalue weighted by atomic mass is 10.1. The molecule has 1 N–H and O–H groups in total. The van der Waals surface area contributed by atoms with E-state index < -0.39 is 0 Å². The molecule has 3 heteroatoms. The van der Waals surface area contributed by atoms with E-state index in [4.69, 9.17) is 5.11 Å². The van der Waals surface area contributed by atoms with Crippen molar-refractivity contribution in [1.82, 2.24) is 4.90 Å². The molecule has 0 bridgehead atoms. The molecule has 12 heavy (non-hydrogen) atoms. The van der Waals surface area contributed by atoms with Crippen molar-refractivity contribution in [3.63, 3.8) is 0 Å². The van der Waals surface area contributed by atoms with Gasteiger partial charge in [0.15, 0.2) is 0 Å². The molecular formula is C9H15NO2. The van der Waals surface area contributed by atoms with Gasteiger partial charge in [0.2, 0.25) is 5.91 Å². The monoisotopic (exact) mass is 169 g/mol. The highest BCUT2D eigenvalue weighted by molar-refractivity contribution is 5.87. The number of rotatable bonds is 2. The Hall–Kier alpha value is -0.830. The summed E-state index contributed by atoms with van der Waals surface area (Å²) in [6.45, 7) is 6.31. The number of aliphatic hydroxyl groups excluding tert-OH is 1. The molecule has 0 aromatic heterocycles. The van der Waals surface area contributed by atoms with Gasteiger partial charge < -0.3 is 10.0 Å². The lowest BCUT2D eigenvalue weighted by Crippen LogP contribution is -2.36. The van der Waals surface area contributed by atoms with Crippen molar-refractivity contribution in [2.24, 2.45) is 5.92 Å². The highest BCUT2D eigenvalue weighted by Gasteiger charge is 2.30. The second-order valence-corrected chi connectivity index (χ2v) is 3.37. The molecule has 0 radical (unpaired) electrons. The zero-order valence-corrected chi connectivity index (χ0v) is 7.36. The molecule has 1 aliphatic heterocycles. The van der Waals surface area contributed by atoms with Crippen LogP contribution in [0.2, 0.25) is 0 Å². The first-order valence-electron chi connectivity index (χ1n) is 4.23. The molecule has 1 saturated heterocycles. The zero-order chi connectivity index (χ0) is 9.14. The van der Waals surface area contributed by atoms with Crippen LogP contribution in [0.15, 0.2) is 12.7 Å². The van der Waals surface area contributed by atoms with Crippen molar-refractivity contribution in [3.8, 4) is 0 Å². The van der Waals surface area contributed by atoms with Crippen molar-refractivity contribution >= 4 is 5.91 Å². The average molecular weight is 169 g/mol. The molecule has 0 aromatic carbocycles. The minimum Gasteiger partial charge on any atom is -0.394 e. The van der Waals surface area contributed by atoms with E-state index in [2.05, 4.69) is 13.5 Å².